The molecule has 1 fully saturated rings. The molecule has 0 amide bonds. The molecule has 1 aliphatic heterocycles. The van der Waals surface area contributed by atoms with Gasteiger partial charge in [0, 0.05) is 57.2 Å². The summed E-state index contributed by atoms with van der Waals surface area (Å²) in [4.78, 5) is 17.1. The van der Waals surface area contributed by atoms with Gasteiger partial charge in [-0.15, -0.1) is 0 Å². The third kappa shape index (κ3) is 2.14. The summed E-state index contributed by atoms with van der Waals surface area (Å²) in [6.07, 6.45) is 8.94. The van der Waals surface area contributed by atoms with Crippen LogP contribution in [0.25, 0.3) is 5.65 Å². The van der Waals surface area contributed by atoms with Crippen LogP contribution in [0.5, 0.6) is 0 Å². The monoisotopic (exact) mass is 298 g/mol. The van der Waals surface area contributed by atoms with Crippen LogP contribution >= 0.6 is 0 Å². The van der Waals surface area contributed by atoms with Gasteiger partial charge in [-0.3, -0.25) is 0 Å². The van der Waals surface area contributed by atoms with Crippen molar-refractivity contribution in [3.63, 3.8) is 0 Å². The number of rotatable bonds is 2. The minimum absolute atomic E-state index is 0.274. The molecule has 4 heterocycles. The zero-order valence-corrected chi connectivity index (χ0v) is 11.9. The standard InChI is InChI=1S/C15H15FN6/c16-12-2-1-3-17-13(12)21-8-10-22(11-9-21)15-14-18-4-6-20(14)7-5-19-15/h1-7H,8-11H2. The second kappa shape index (κ2) is 5.25. The van der Waals surface area contributed by atoms with E-state index in [-0.39, 0.29) is 5.82 Å². The van der Waals surface area contributed by atoms with Crippen molar-refractivity contribution in [2.24, 2.45) is 0 Å². The van der Waals surface area contributed by atoms with Crippen LogP contribution in [0.1, 0.15) is 0 Å². The topological polar surface area (TPSA) is 49.6 Å². The molecule has 0 N–H and O–H groups in total. The maximum Gasteiger partial charge on any atom is 0.180 e. The zero-order chi connectivity index (χ0) is 14.9. The second-order valence-corrected chi connectivity index (χ2v) is 5.19. The van der Waals surface area contributed by atoms with Crippen LogP contribution in [0.4, 0.5) is 16.0 Å². The summed E-state index contributed by atoms with van der Waals surface area (Å²) in [5, 5.41) is 0. The van der Waals surface area contributed by atoms with Crippen molar-refractivity contribution >= 4 is 17.3 Å². The lowest BCUT2D eigenvalue weighted by Gasteiger charge is -2.36. The molecule has 0 atom stereocenters. The van der Waals surface area contributed by atoms with Crippen molar-refractivity contribution in [3.05, 3.63) is 48.9 Å². The molecule has 112 valence electrons. The Bertz CT molecular complexity index is 793. The summed E-state index contributed by atoms with van der Waals surface area (Å²) in [5.74, 6) is 1.02. The van der Waals surface area contributed by atoms with E-state index in [9.17, 15) is 4.39 Å². The summed E-state index contributed by atoms with van der Waals surface area (Å²) >= 11 is 0. The summed E-state index contributed by atoms with van der Waals surface area (Å²) in [5.41, 5.74) is 0.847. The lowest BCUT2D eigenvalue weighted by molar-refractivity contribution is 0.587. The third-order valence-corrected chi connectivity index (χ3v) is 3.91. The van der Waals surface area contributed by atoms with E-state index in [1.807, 2.05) is 21.7 Å². The molecule has 1 saturated heterocycles. The molecule has 0 unspecified atom stereocenters. The normalized spacial score (nSPS) is 15.5. The van der Waals surface area contributed by atoms with Crippen molar-refractivity contribution in [1.29, 1.82) is 0 Å². The highest BCUT2D eigenvalue weighted by molar-refractivity contribution is 5.64. The fourth-order valence-electron chi connectivity index (χ4n) is 2.80. The molecule has 3 aromatic rings. The number of halogens is 1. The molecule has 1 aliphatic rings. The maximum absolute atomic E-state index is 13.8. The number of piperazine rings is 1. The Hall–Kier alpha value is -2.70. The van der Waals surface area contributed by atoms with Crippen molar-refractivity contribution < 1.29 is 4.39 Å². The Morgan fingerprint density at radius 2 is 1.45 bits per heavy atom. The third-order valence-electron chi connectivity index (χ3n) is 3.91. The van der Waals surface area contributed by atoms with Gasteiger partial charge in [-0.2, -0.15) is 0 Å². The quantitative estimate of drug-likeness (QED) is 0.719. The smallest absolute Gasteiger partial charge is 0.180 e. The molecular formula is C15H15FN6. The summed E-state index contributed by atoms with van der Waals surface area (Å²) in [7, 11) is 0. The molecule has 0 aromatic carbocycles. The summed E-state index contributed by atoms with van der Waals surface area (Å²) < 4.78 is 15.8. The van der Waals surface area contributed by atoms with E-state index >= 15 is 0 Å². The molecule has 22 heavy (non-hydrogen) atoms. The number of hydrogen-bond acceptors (Lipinski definition) is 5. The molecule has 7 heteroatoms. The van der Waals surface area contributed by atoms with Crippen LogP contribution in [-0.4, -0.2) is 45.5 Å². The Morgan fingerprint density at radius 3 is 2.18 bits per heavy atom. The van der Waals surface area contributed by atoms with E-state index in [4.69, 9.17) is 0 Å². The van der Waals surface area contributed by atoms with E-state index in [1.54, 1.807) is 24.7 Å². The van der Waals surface area contributed by atoms with E-state index in [2.05, 4.69) is 19.9 Å². The van der Waals surface area contributed by atoms with Crippen molar-refractivity contribution in [1.82, 2.24) is 19.4 Å². The van der Waals surface area contributed by atoms with E-state index < -0.39 is 0 Å². The number of fused-ring (bicyclic) bond motifs is 1. The molecule has 3 aromatic heterocycles. The zero-order valence-electron chi connectivity index (χ0n) is 11.9. The number of aromatic nitrogens is 4. The van der Waals surface area contributed by atoms with Gasteiger partial charge in [0.15, 0.2) is 23.1 Å². The highest BCUT2D eigenvalue weighted by Gasteiger charge is 2.22. The van der Waals surface area contributed by atoms with E-state index in [0.29, 0.717) is 18.9 Å². The van der Waals surface area contributed by atoms with Crippen LogP contribution in [-0.2, 0) is 0 Å². The lowest BCUT2D eigenvalue weighted by atomic mass is 10.3. The SMILES string of the molecule is Fc1cccnc1N1CCN(c2nccn3ccnc23)CC1. The van der Waals surface area contributed by atoms with Crippen molar-refractivity contribution in [2.75, 3.05) is 36.0 Å². The molecule has 0 radical (unpaired) electrons. The fraction of sp³-hybridized carbons (Fsp3) is 0.267. The predicted molar refractivity (Wildman–Crippen MR) is 81.6 cm³/mol. The Balaban J connectivity index is 1.55. The molecule has 4 rings (SSSR count). The first-order valence-corrected chi connectivity index (χ1v) is 7.21. The van der Waals surface area contributed by atoms with Gasteiger partial charge in [0.2, 0.25) is 0 Å². The molecular weight excluding hydrogens is 283 g/mol. The largest absolute Gasteiger partial charge is 0.351 e. The molecule has 0 spiro atoms. The number of hydrogen-bond donors (Lipinski definition) is 0. The highest BCUT2D eigenvalue weighted by atomic mass is 19.1. The minimum Gasteiger partial charge on any atom is -0.351 e. The van der Waals surface area contributed by atoms with Gasteiger partial charge in [0.05, 0.1) is 0 Å². The number of pyridine rings is 1. The molecule has 0 saturated carbocycles. The van der Waals surface area contributed by atoms with Crippen LogP contribution in [0, 0.1) is 5.82 Å². The van der Waals surface area contributed by atoms with Crippen LogP contribution in [0.15, 0.2) is 43.1 Å². The van der Waals surface area contributed by atoms with Crippen LogP contribution in [0.2, 0.25) is 0 Å². The van der Waals surface area contributed by atoms with Gasteiger partial charge < -0.3 is 14.2 Å². The first-order valence-electron chi connectivity index (χ1n) is 7.21. The first kappa shape index (κ1) is 13.0. The summed E-state index contributed by atoms with van der Waals surface area (Å²) in [6, 6.07) is 3.06. The van der Waals surface area contributed by atoms with Gasteiger partial charge in [-0.25, -0.2) is 19.3 Å². The molecule has 0 aliphatic carbocycles. The van der Waals surface area contributed by atoms with E-state index in [1.165, 1.54) is 6.07 Å². The first-order chi connectivity index (χ1) is 10.8. The Labute approximate surface area is 126 Å². The predicted octanol–water partition coefficient (Wildman–Crippen LogP) is 1.59. The van der Waals surface area contributed by atoms with Gasteiger partial charge in [0.1, 0.15) is 0 Å². The number of imidazole rings is 1. The van der Waals surface area contributed by atoms with Crippen LogP contribution < -0.4 is 9.80 Å². The van der Waals surface area contributed by atoms with Gasteiger partial charge >= 0.3 is 0 Å². The van der Waals surface area contributed by atoms with Crippen LogP contribution in [0.3, 0.4) is 0 Å². The Morgan fingerprint density at radius 1 is 0.818 bits per heavy atom. The lowest BCUT2D eigenvalue weighted by Crippen LogP contribution is -2.47. The molecule has 6 nitrogen and oxygen atoms in total. The maximum atomic E-state index is 13.8. The number of nitrogens with zero attached hydrogens (tertiary/aromatic N) is 6. The fourth-order valence-corrected chi connectivity index (χ4v) is 2.80. The second-order valence-electron chi connectivity index (χ2n) is 5.19. The van der Waals surface area contributed by atoms with Gasteiger partial charge in [-0.05, 0) is 12.1 Å². The molecule has 0 bridgehead atoms. The Kier molecular flexibility index (Phi) is 3.10. The van der Waals surface area contributed by atoms with Gasteiger partial charge in [0.25, 0.3) is 0 Å². The van der Waals surface area contributed by atoms with Crippen molar-refractivity contribution in [2.45, 2.75) is 0 Å². The average molecular weight is 298 g/mol. The van der Waals surface area contributed by atoms with Crippen molar-refractivity contribution in [3.8, 4) is 0 Å². The van der Waals surface area contributed by atoms with Gasteiger partial charge in [-0.1, -0.05) is 0 Å². The highest BCUT2D eigenvalue weighted by Crippen LogP contribution is 2.21. The number of anilines is 2. The minimum atomic E-state index is -0.274. The average Bonchev–Trinajstić information content (AvgIpc) is 3.04. The van der Waals surface area contributed by atoms with E-state index in [0.717, 1.165) is 24.6 Å². The summed E-state index contributed by atoms with van der Waals surface area (Å²) in [6.45, 7) is 2.93.